The lowest BCUT2D eigenvalue weighted by atomic mass is 10.0. The SMILES string of the molecule is CC1CN(C2CCOC2)C(C2CC2)CN1. The average molecular weight is 210 g/mol. The first-order chi connectivity index (χ1) is 7.34. The van der Waals surface area contributed by atoms with Crippen molar-refractivity contribution in [3.63, 3.8) is 0 Å². The van der Waals surface area contributed by atoms with E-state index in [9.17, 15) is 0 Å². The summed E-state index contributed by atoms with van der Waals surface area (Å²) in [6.07, 6.45) is 4.14. The highest BCUT2D eigenvalue weighted by Crippen LogP contribution is 2.37. The number of nitrogens with one attached hydrogen (secondary N) is 1. The fourth-order valence-electron chi connectivity index (χ4n) is 3.08. The third kappa shape index (κ3) is 2.05. The van der Waals surface area contributed by atoms with Crippen molar-refractivity contribution in [2.24, 2.45) is 5.92 Å². The quantitative estimate of drug-likeness (QED) is 0.731. The summed E-state index contributed by atoms with van der Waals surface area (Å²) in [5.41, 5.74) is 0. The van der Waals surface area contributed by atoms with Crippen LogP contribution in [-0.4, -0.2) is 49.3 Å². The lowest BCUT2D eigenvalue weighted by Gasteiger charge is -2.42. The number of rotatable bonds is 2. The van der Waals surface area contributed by atoms with E-state index in [1.807, 2.05) is 0 Å². The van der Waals surface area contributed by atoms with E-state index in [1.54, 1.807) is 0 Å². The minimum absolute atomic E-state index is 0.653. The van der Waals surface area contributed by atoms with Gasteiger partial charge in [0.1, 0.15) is 0 Å². The van der Waals surface area contributed by atoms with Gasteiger partial charge in [-0.2, -0.15) is 0 Å². The van der Waals surface area contributed by atoms with Crippen molar-refractivity contribution >= 4 is 0 Å². The minimum Gasteiger partial charge on any atom is -0.380 e. The highest BCUT2D eigenvalue weighted by molar-refractivity contribution is 4.97. The monoisotopic (exact) mass is 210 g/mol. The van der Waals surface area contributed by atoms with Gasteiger partial charge < -0.3 is 10.1 Å². The van der Waals surface area contributed by atoms with Crippen LogP contribution in [0, 0.1) is 5.92 Å². The Morgan fingerprint density at radius 1 is 1.27 bits per heavy atom. The zero-order chi connectivity index (χ0) is 10.3. The van der Waals surface area contributed by atoms with Crippen molar-refractivity contribution in [2.45, 2.75) is 44.3 Å². The fourth-order valence-corrected chi connectivity index (χ4v) is 3.08. The topological polar surface area (TPSA) is 24.5 Å². The maximum absolute atomic E-state index is 5.53. The van der Waals surface area contributed by atoms with E-state index in [-0.39, 0.29) is 0 Å². The van der Waals surface area contributed by atoms with Crippen molar-refractivity contribution in [1.29, 1.82) is 0 Å². The zero-order valence-electron chi connectivity index (χ0n) is 9.61. The number of ether oxygens (including phenoxy) is 1. The maximum Gasteiger partial charge on any atom is 0.0622 e. The van der Waals surface area contributed by atoms with Crippen LogP contribution >= 0.6 is 0 Å². The van der Waals surface area contributed by atoms with Gasteiger partial charge in [0.05, 0.1) is 6.61 Å². The molecule has 2 aliphatic heterocycles. The van der Waals surface area contributed by atoms with Crippen molar-refractivity contribution < 1.29 is 4.74 Å². The van der Waals surface area contributed by atoms with Crippen molar-refractivity contribution in [1.82, 2.24) is 10.2 Å². The molecule has 2 saturated heterocycles. The molecule has 86 valence electrons. The van der Waals surface area contributed by atoms with Crippen LogP contribution in [-0.2, 0) is 4.74 Å². The summed E-state index contributed by atoms with van der Waals surface area (Å²) in [6.45, 7) is 6.65. The molecule has 0 amide bonds. The predicted molar refractivity (Wildman–Crippen MR) is 59.9 cm³/mol. The molecule has 0 bridgehead atoms. The molecule has 3 unspecified atom stereocenters. The number of piperazine rings is 1. The lowest BCUT2D eigenvalue weighted by Crippen LogP contribution is -2.59. The van der Waals surface area contributed by atoms with Crippen LogP contribution in [0.1, 0.15) is 26.2 Å². The van der Waals surface area contributed by atoms with Crippen LogP contribution in [0.3, 0.4) is 0 Å². The van der Waals surface area contributed by atoms with Crippen LogP contribution in [0.4, 0.5) is 0 Å². The molecule has 0 radical (unpaired) electrons. The van der Waals surface area contributed by atoms with E-state index in [0.717, 1.165) is 25.2 Å². The minimum atomic E-state index is 0.653. The summed E-state index contributed by atoms with van der Waals surface area (Å²) >= 11 is 0. The summed E-state index contributed by atoms with van der Waals surface area (Å²) in [7, 11) is 0. The van der Waals surface area contributed by atoms with Gasteiger partial charge in [-0.25, -0.2) is 0 Å². The second-order valence-corrected chi connectivity index (χ2v) is 5.43. The molecule has 3 rings (SSSR count). The van der Waals surface area contributed by atoms with Gasteiger partial charge in [-0.15, -0.1) is 0 Å². The largest absolute Gasteiger partial charge is 0.380 e. The summed E-state index contributed by atoms with van der Waals surface area (Å²) in [5.74, 6) is 0.977. The normalized spacial score (nSPS) is 43.4. The predicted octanol–water partition coefficient (Wildman–Crippen LogP) is 0.848. The number of hydrogen-bond acceptors (Lipinski definition) is 3. The van der Waals surface area contributed by atoms with Crippen molar-refractivity contribution in [3.05, 3.63) is 0 Å². The van der Waals surface area contributed by atoms with E-state index in [4.69, 9.17) is 4.74 Å². The second kappa shape index (κ2) is 4.04. The van der Waals surface area contributed by atoms with Gasteiger partial charge in [0, 0.05) is 37.8 Å². The molecular weight excluding hydrogens is 188 g/mol. The standard InChI is InChI=1S/C12H22N2O/c1-9-7-14(11-4-5-15-8-11)12(6-13-9)10-2-3-10/h9-13H,2-8H2,1H3. The van der Waals surface area contributed by atoms with Crippen LogP contribution < -0.4 is 5.32 Å². The molecule has 3 atom stereocenters. The third-order valence-electron chi connectivity index (χ3n) is 4.13. The first kappa shape index (κ1) is 10.1. The Hall–Kier alpha value is -0.120. The fraction of sp³-hybridized carbons (Fsp3) is 1.00. The van der Waals surface area contributed by atoms with Gasteiger partial charge in [0.15, 0.2) is 0 Å². The highest BCUT2D eigenvalue weighted by Gasteiger charge is 2.41. The Morgan fingerprint density at radius 3 is 2.80 bits per heavy atom. The highest BCUT2D eigenvalue weighted by atomic mass is 16.5. The Morgan fingerprint density at radius 2 is 2.13 bits per heavy atom. The molecule has 0 spiro atoms. The van der Waals surface area contributed by atoms with E-state index in [0.29, 0.717) is 12.1 Å². The zero-order valence-corrected chi connectivity index (χ0v) is 9.61. The van der Waals surface area contributed by atoms with Gasteiger partial charge in [0.25, 0.3) is 0 Å². The molecule has 3 heteroatoms. The van der Waals surface area contributed by atoms with Crippen molar-refractivity contribution in [2.75, 3.05) is 26.3 Å². The summed E-state index contributed by atoms with van der Waals surface area (Å²) in [5, 5.41) is 3.62. The van der Waals surface area contributed by atoms with E-state index < -0.39 is 0 Å². The van der Waals surface area contributed by atoms with Gasteiger partial charge in [0.2, 0.25) is 0 Å². The van der Waals surface area contributed by atoms with Crippen LogP contribution in [0.15, 0.2) is 0 Å². The first-order valence-electron chi connectivity index (χ1n) is 6.41. The molecule has 1 saturated carbocycles. The lowest BCUT2D eigenvalue weighted by molar-refractivity contribution is 0.0628. The molecule has 3 aliphatic rings. The Kier molecular flexibility index (Phi) is 2.71. The molecule has 2 heterocycles. The molecule has 1 N–H and O–H groups in total. The van der Waals surface area contributed by atoms with E-state index in [2.05, 4.69) is 17.1 Å². The molecule has 0 aromatic heterocycles. The number of hydrogen-bond donors (Lipinski definition) is 1. The van der Waals surface area contributed by atoms with Gasteiger partial charge in [-0.1, -0.05) is 0 Å². The first-order valence-corrected chi connectivity index (χ1v) is 6.41. The molecule has 3 fully saturated rings. The van der Waals surface area contributed by atoms with Gasteiger partial charge in [-0.3, -0.25) is 4.90 Å². The van der Waals surface area contributed by atoms with Gasteiger partial charge in [-0.05, 0) is 32.1 Å². The van der Waals surface area contributed by atoms with E-state index >= 15 is 0 Å². The van der Waals surface area contributed by atoms with Crippen LogP contribution in [0.25, 0.3) is 0 Å². The smallest absolute Gasteiger partial charge is 0.0622 e. The molecule has 0 aromatic rings. The Labute approximate surface area is 92.2 Å². The van der Waals surface area contributed by atoms with Crippen LogP contribution in [0.5, 0.6) is 0 Å². The van der Waals surface area contributed by atoms with Crippen molar-refractivity contribution in [3.8, 4) is 0 Å². The Bertz CT molecular complexity index is 224. The number of nitrogens with zero attached hydrogens (tertiary/aromatic N) is 1. The summed E-state index contributed by atoms with van der Waals surface area (Å²) in [6, 6.07) is 2.16. The van der Waals surface area contributed by atoms with E-state index in [1.165, 1.54) is 32.4 Å². The van der Waals surface area contributed by atoms with Gasteiger partial charge >= 0.3 is 0 Å². The summed E-state index contributed by atoms with van der Waals surface area (Å²) < 4.78 is 5.53. The third-order valence-corrected chi connectivity index (χ3v) is 4.13. The molecule has 15 heavy (non-hydrogen) atoms. The Balaban J connectivity index is 1.68. The molecule has 3 nitrogen and oxygen atoms in total. The average Bonchev–Trinajstić information content (AvgIpc) is 2.94. The summed E-state index contributed by atoms with van der Waals surface area (Å²) in [4.78, 5) is 2.74. The second-order valence-electron chi connectivity index (χ2n) is 5.43. The molecule has 1 aliphatic carbocycles. The molecular formula is C12H22N2O. The maximum atomic E-state index is 5.53. The van der Waals surface area contributed by atoms with Crippen LogP contribution in [0.2, 0.25) is 0 Å². The molecule has 0 aromatic carbocycles.